The summed E-state index contributed by atoms with van der Waals surface area (Å²) in [5.74, 6) is 0. The topological polar surface area (TPSA) is 56.8 Å². The second kappa shape index (κ2) is 7.76. The molecule has 19 heavy (non-hydrogen) atoms. The molecule has 0 aliphatic carbocycles. The van der Waals surface area contributed by atoms with E-state index in [9.17, 15) is 4.79 Å². The van der Waals surface area contributed by atoms with Gasteiger partial charge in [0.25, 0.3) is 0 Å². The van der Waals surface area contributed by atoms with E-state index in [1.165, 1.54) is 0 Å². The second-order valence-corrected chi connectivity index (χ2v) is 4.30. The number of carbonyl (C=O) groups is 1. The highest BCUT2D eigenvalue weighted by atomic mass is 16.7. The fraction of sp³-hybridized carbons (Fsp3) is 0.500. The smallest absolute Gasteiger partial charge is 0.407 e. The summed E-state index contributed by atoms with van der Waals surface area (Å²) < 4.78 is 15.8. The molecule has 1 amide bonds. The minimum absolute atomic E-state index is 0.205. The van der Waals surface area contributed by atoms with Crippen molar-refractivity contribution in [3.8, 4) is 0 Å². The molecule has 1 aromatic carbocycles. The molecule has 0 radical (unpaired) electrons. The summed E-state index contributed by atoms with van der Waals surface area (Å²) in [7, 11) is 0. The van der Waals surface area contributed by atoms with Crippen molar-refractivity contribution in [2.24, 2.45) is 0 Å². The first kappa shape index (κ1) is 13.8. The van der Waals surface area contributed by atoms with Crippen LogP contribution in [0.3, 0.4) is 0 Å². The Morgan fingerprint density at radius 2 is 2.00 bits per heavy atom. The third-order valence-corrected chi connectivity index (χ3v) is 2.76. The Kier molecular flexibility index (Phi) is 5.65. The highest BCUT2D eigenvalue weighted by Crippen LogP contribution is 2.07. The molecular formula is C14H19NO4. The van der Waals surface area contributed by atoms with Crippen molar-refractivity contribution in [3.63, 3.8) is 0 Å². The Hall–Kier alpha value is -1.59. The van der Waals surface area contributed by atoms with Crippen LogP contribution in [-0.2, 0) is 20.8 Å². The van der Waals surface area contributed by atoms with Crippen LogP contribution in [-0.4, -0.2) is 32.1 Å². The standard InChI is InChI=1S/C14H19NO4/c16-14(19-11-12-5-2-1-3-6-12)15-8-7-13-17-9-4-10-18-13/h1-3,5-6,13H,4,7-11H2,(H,15,16). The van der Waals surface area contributed by atoms with Gasteiger partial charge in [0, 0.05) is 13.0 Å². The van der Waals surface area contributed by atoms with Gasteiger partial charge in [-0.25, -0.2) is 4.79 Å². The van der Waals surface area contributed by atoms with Gasteiger partial charge in [-0.05, 0) is 12.0 Å². The molecule has 5 nitrogen and oxygen atoms in total. The number of benzene rings is 1. The van der Waals surface area contributed by atoms with Crippen molar-refractivity contribution in [3.05, 3.63) is 35.9 Å². The number of amides is 1. The molecule has 0 saturated carbocycles. The van der Waals surface area contributed by atoms with Gasteiger partial charge in [-0.3, -0.25) is 0 Å². The van der Waals surface area contributed by atoms with E-state index in [1.54, 1.807) is 0 Å². The molecule has 1 fully saturated rings. The molecular weight excluding hydrogens is 246 g/mol. The van der Waals surface area contributed by atoms with Crippen molar-refractivity contribution < 1.29 is 19.0 Å². The zero-order valence-corrected chi connectivity index (χ0v) is 10.8. The van der Waals surface area contributed by atoms with Gasteiger partial charge in [0.1, 0.15) is 6.61 Å². The van der Waals surface area contributed by atoms with E-state index in [0.717, 1.165) is 25.2 Å². The third kappa shape index (κ3) is 5.28. The normalized spacial score (nSPS) is 16.0. The van der Waals surface area contributed by atoms with Crippen LogP contribution in [0, 0.1) is 0 Å². The largest absolute Gasteiger partial charge is 0.445 e. The van der Waals surface area contributed by atoms with Crippen molar-refractivity contribution in [2.45, 2.75) is 25.7 Å². The Bertz CT molecular complexity index is 376. The van der Waals surface area contributed by atoms with Gasteiger partial charge in [0.2, 0.25) is 0 Å². The second-order valence-electron chi connectivity index (χ2n) is 4.30. The lowest BCUT2D eigenvalue weighted by molar-refractivity contribution is -0.180. The average molecular weight is 265 g/mol. The van der Waals surface area contributed by atoms with Crippen molar-refractivity contribution in [1.82, 2.24) is 5.32 Å². The zero-order chi connectivity index (χ0) is 13.3. The van der Waals surface area contributed by atoms with E-state index in [4.69, 9.17) is 14.2 Å². The minimum Gasteiger partial charge on any atom is -0.445 e. The minimum atomic E-state index is -0.417. The maximum atomic E-state index is 11.4. The molecule has 0 atom stereocenters. The van der Waals surface area contributed by atoms with Crippen LogP contribution in [0.4, 0.5) is 4.79 Å². The lowest BCUT2D eigenvalue weighted by atomic mass is 10.2. The van der Waals surface area contributed by atoms with E-state index >= 15 is 0 Å². The molecule has 1 aliphatic heterocycles. The van der Waals surface area contributed by atoms with Crippen LogP contribution in [0.2, 0.25) is 0 Å². The van der Waals surface area contributed by atoms with Gasteiger partial charge in [0.15, 0.2) is 6.29 Å². The first-order chi connectivity index (χ1) is 9.34. The van der Waals surface area contributed by atoms with Gasteiger partial charge < -0.3 is 19.5 Å². The maximum absolute atomic E-state index is 11.4. The SMILES string of the molecule is O=C(NCCC1OCCCO1)OCc1ccccc1. The van der Waals surface area contributed by atoms with Crippen LogP contribution in [0.25, 0.3) is 0 Å². The molecule has 5 heteroatoms. The number of hydrogen-bond donors (Lipinski definition) is 1. The number of nitrogens with one attached hydrogen (secondary N) is 1. The van der Waals surface area contributed by atoms with Gasteiger partial charge >= 0.3 is 6.09 Å². The lowest BCUT2D eigenvalue weighted by Crippen LogP contribution is -2.31. The summed E-state index contributed by atoms with van der Waals surface area (Å²) in [6.07, 6.45) is 0.951. The van der Waals surface area contributed by atoms with Crippen LogP contribution in [0.5, 0.6) is 0 Å². The number of ether oxygens (including phenoxy) is 3. The van der Waals surface area contributed by atoms with Crippen LogP contribution in [0.1, 0.15) is 18.4 Å². The molecule has 1 aromatic rings. The van der Waals surface area contributed by atoms with E-state index in [2.05, 4.69) is 5.32 Å². The number of carbonyl (C=O) groups excluding carboxylic acids is 1. The highest BCUT2D eigenvalue weighted by molar-refractivity contribution is 5.67. The van der Waals surface area contributed by atoms with Gasteiger partial charge in [0.05, 0.1) is 13.2 Å². The lowest BCUT2D eigenvalue weighted by Gasteiger charge is -2.23. The summed E-state index contributed by atoms with van der Waals surface area (Å²) in [6, 6.07) is 9.57. The first-order valence-corrected chi connectivity index (χ1v) is 6.52. The summed E-state index contributed by atoms with van der Waals surface area (Å²) in [4.78, 5) is 11.4. The van der Waals surface area contributed by atoms with Crippen molar-refractivity contribution in [1.29, 1.82) is 0 Å². The molecule has 1 N–H and O–H groups in total. The molecule has 1 aliphatic rings. The van der Waals surface area contributed by atoms with E-state index in [0.29, 0.717) is 13.0 Å². The molecule has 0 unspecified atom stereocenters. The summed E-state index contributed by atoms with van der Waals surface area (Å²) in [5.41, 5.74) is 0.969. The monoisotopic (exact) mass is 265 g/mol. The average Bonchev–Trinajstić information content (AvgIpc) is 2.47. The predicted molar refractivity (Wildman–Crippen MR) is 69.6 cm³/mol. The molecule has 2 rings (SSSR count). The summed E-state index contributed by atoms with van der Waals surface area (Å²) >= 11 is 0. The van der Waals surface area contributed by atoms with Crippen LogP contribution in [0.15, 0.2) is 30.3 Å². The van der Waals surface area contributed by atoms with Crippen molar-refractivity contribution >= 4 is 6.09 Å². The third-order valence-electron chi connectivity index (χ3n) is 2.76. The zero-order valence-electron chi connectivity index (χ0n) is 10.8. The quantitative estimate of drug-likeness (QED) is 0.885. The molecule has 1 heterocycles. The highest BCUT2D eigenvalue weighted by Gasteiger charge is 2.14. The molecule has 0 spiro atoms. The van der Waals surface area contributed by atoms with Crippen molar-refractivity contribution in [2.75, 3.05) is 19.8 Å². The van der Waals surface area contributed by atoms with E-state index < -0.39 is 6.09 Å². The maximum Gasteiger partial charge on any atom is 0.407 e. The van der Waals surface area contributed by atoms with Gasteiger partial charge in [-0.2, -0.15) is 0 Å². The molecule has 0 bridgehead atoms. The fourth-order valence-electron chi connectivity index (χ4n) is 1.77. The van der Waals surface area contributed by atoms with Gasteiger partial charge in [-0.15, -0.1) is 0 Å². The first-order valence-electron chi connectivity index (χ1n) is 6.52. The summed E-state index contributed by atoms with van der Waals surface area (Å²) in [6.45, 7) is 2.22. The molecule has 0 aromatic heterocycles. The molecule has 1 saturated heterocycles. The van der Waals surface area contributed by atoms with Crippen LogP contribution < -0.4 is 5.32 Å². The van der Waals surface area contributed by atoms with Crippen LogP contribution >= 0.6 is 0 Å². The Morgan fingerprint density at radius 1 is 1.26 bits per heavy atom. The Balaban J connectivity index is 1.57. The number of alkyl carbamates (subject to hydrolysis) is 1. The Labute approximate surface area is 112 Å². The van der Waals surface area contributed by atoms with E-state index in [-0.39, 0.29) is 12.9 Å². The predicted octanol–water partition coefficient (Wildman–Crippen LogP) is 2.07. The fourth-order valence-corrected chi connectivity index (χ4v) is 1.77. The van der Waals surface area contributed by atoms with E-state index in [1.807, 2.05) is 30.3 Å². The van der Waals surface area contributed by atoms with Gasteiger partial charge in [-0.1, -0.05) is 30.3 Å². The Morgan fingerprint density at radius 3 is 2.74 bits per heavy atom. The number of rotatable bonds is 5. The summed E-state index contributed by atoms with van der Waals surface area (Å²) in [5, 5.41) is 2.68. The number of hydrogen-bond acceptors (Lipinski definition) is 4. The molecule has 104 valence electrons.